The second-order valence-corrected chi connectivity index (χ2v) is 6.90. The van der Waals surface area contributed by atoms with Gasteiger partial charge in [0.25, 0.3) is 0 Å². The van der Waals surface area contributed by atoms with E-state index in [0.29, 0.717) is 42.9 Å². The predicted molar refractivity (Wildman–Crippen MR) is 100 cm³/mol. The highest BCUT2D eigenvalue weighted by atomic mass is 16.6. The number of alkyl carbamates (subject to hydrolysis) is 1. The molecule has 0 bridgehead atoms. The summed E-state index contributed by atoms with van der Waals surface area (Å²) < 4.78 is 14.9. The third-order valence-electron chi connectivity index (χ3n) is 2.97. The third kappa shape index (κ3) is 11.0. The van der Waals surface area contributed by atoms with Gasteiger partial charge in [0.2, 0.25) is 11.8 Å². The molecule has 0 aliphatic heterocycles. The van der Waals surface area contributed by atoms with Crippen LogP contribution in [0.15, 0.2) is 9.05 Å². The maximum absolute atomic E-state index is 11.3. The number of nitrogens with zero attached hydrogens (tertiary/aromatic N) is 4. The summed E-state index contributed by atoms with van der Waals surface area (Å²) in [4.78, 5) is 19.4. The van der Waals surface area contributed by atoms with Crippen LogP contribution in [0.1, 0.15) is 58.5 Å². The number of aryl methyl sites for hydroxylation is 4. The molecule has 2 aromatic rings. The van der Waals surface area contributed by atoms with Crippen molar-refractivity contribution >= 4 is 6.09 Å². The zero-order valence-corrected chi connectivity index (χ0v) is 16.7. The van der Waals surface area contributed by atoms with Crippen LogP contribution in [0.3, 0.4) is 0 Å². The van der Waals surface area contributed by atoms with E-state index in [1.54, 1.807) is 13.8 Å². The van der Waals surface area contributed by atoms with E-state index in [-0.39, 0.29) is 1.43 Å². The Hall–Kier alpha value is -2.49. The molecule has 0 fully saturated rings. The largest absolute Gasteiger partial charge is 0.444 e. The first kappa shape index (κ1) is 22.6. The van der Waals surface area contributed by atoms with E-state index in [0.717, 1.165) is 19.3 Å². The molecule has 0 atom stereocenters. The van der Waals surface area contributed by atoms with Crippen LogP contribution >= 0.6 is 0 Å². The number of aromatic nitrogens is 4. The molecule has 1 amide bonds. The summed E-state index contributed by atoms with van der Waals surface area (Å²) in [5, 5.41) is 9.99. The molecule has 0 unspecified atom stereocenters. The van der Waals surface area contributed by atoms with Crippen LogP contribution in [-0.4, -0.2) is 45.1 Å². The van der Waals surface area contributed by atoms with E-state index in [4.69, 9.17) is 19.5 Å². The van der Waals surface area contributed by atoms with E-state index in [2.05, 4.69) is 25.6 Å². The van der Waals surface area contributed by atoms with Crippen molar-refractivity contribution in [3.63, 3.8) is 0 Å². The van der Waals surface area contributed by atoms with Gasteiger partial charge in [-0.3, -0.25) is 0 Å². The van der Waals surface area contributed by atoms with Gasteiger partial charge in [0, 0.05) is 20.8 Å². The van der Waals surface area contributed by atoms with Crippen molar-refractivity contribution in [2.75, 3.05) is 13.1 Å². The number of carbonyl (C=O) groups excluding carboxylic acids is 1. The second kappa shape index (κ2) is 11.3. The van der Waals surface area contributed by atoms with Crippen LogP contribution in [0.5, 0.6) is 0 Å². The minimum Gasteiger partial charge on any atom is -0.444 e. The molecule has 10 heteroatoms. The highest BCUT2D eigenvalue weighted by molar-refractivity contribution is 5.67. The van der Waals surface area contributed by atoms with Crippen LogP contribution in [0.2, 0.25) is 0 Å². The van der Waals surface area contributed by atoms with Crippen molar-refractivity contribution in [2.45, 2.75) is 65.9 Å². The Morgan fingerprint density at radius 2 is 1.59 bits per heavy atom. The van der Waals surface area contributed by atoms with Gasteiger partial charge < -0.3 is 24.8 Å². The fraction of sp³-hybridized carbons (Fsp3) is 0.706. The van der Waals surface area contributed by atoms with Gasteiger partial charge >= 0.3 is 6.09 Å². The molecule has 10 nitrogen and oxygen atoms in total. The average Bonchev–Trinajstić information content (AvgIpc) is 3.17. The third-order valence-corrected chi connectivity index (χ3v) is 2.97. The van der Waals surface area contributed by atoms with Crippen molar-refractivity contribution < 1.29 is 20.0 Å². The zero-order chi connectivity index (χ0) is 20.3. The number of ether oxygens (including phenoxy) is 1. The highest BCUT2D eigenvalue weighted by Crippen LogP contribution is 2.06. The van der Waals surface area contributed by atoms with Gasteiger partial charge in [-0.2, -0.15) is 9.97 Å². The molecule has 0 aliphatic rings. The monoisotopic (exact) mass is 384 g/mol. The number of nitrogens with one attached hydrogen (secondary N) is 1. The molecule has 0 aliphatic carbocycles. The van der Waals surface area contributed by atoms with Crippen LogP contribution in [0.4, 0.5) is 4.79 Å². The summed E-state index contributed by atoms with van der Waals surface area (Å²) in [5.74, 6) is 2.59. The number of hydrogen-bond donors (Lipinski definition) is 2. The Bertz CT molecular complexity index is 683. The van der Waals surface area contributed by atoms with Crippen molar-refractivity contribution in [1.82, 2.24) is 25.6 Å². The topological polar surface area (TPSA) is 142 Å². The van der Waals surface area contributed by atoms with Gasteiger partial charge in [0.15, 0.2) is 11.6 Å². The van der Waals surface area contributed by atoms with Gasteiger partial charge in [0.05, 0.1) is 0 Å². The standard InChI is InChI=1S/C11H19N3O3.C6H11N3O.H2/c1-8-13-9(17-14-8)6-5-7-12-10(15)16-11(2,3)4;1-5-8-6(10-9-5)3-2-4-7;/h5-7H2,1-4H3,(H,12,15);2-4,7H2,1H3;1H. The van der Waals surface area contributed by atoms with Gasteiger partial charge in [-0.1, -0.05) is 10.3 Å². The van der Waals surface area contributed by atoms with E-state index < -0.39 is 11.7 Å². The fourth-order valence-corrected chi connectivity index (χ4v) is 1.88. The second-order valence-electron chi connectivity index (χ2n) is 6.90. The first-order valence-corrected chi connectivity index (χ1v) is 8.95. The number of rotatable bonds is 7. The van der Waals surface area contributed by atoms with Crippen LogP contribution < -0.4 is 11.1 Å². The van der Waals surface area contributed by atoms with Gasteiger partial charge in [-0.05, 0) is 54.0 Å². The first-order chi connectivity index (χ1) is 12.7. The van der Waals surface area contributed by atoms with Crippen molar-refractivity contribution in [3.8, 4) is 0 Å². The molecule has 0 spiro atoms. The van der Waals surface area contributed by atoms with Gasteiger partial charge in [-0.25, -0.2) is 4.79 Å². The number of carbonyl (C=O) groups is 1. The Labute approximate surface area is 160 Å². The molecule has 0 aromatic carbocycles. The Morgan fingerprint density at radius 1 is 1.07 bits per heavy atom. The SMILES string of the molecule is Cc1noc(CCCN)n1.Cc1noc(CCCNC(=O)OC(C)(C)C)n1.[HH]. The first-order valence-electron chi connectivity index (χ1n) is 8.95. The van der Waals surface area contributed by atoms with Gasteiger partial charge in [-0.15, -0.1) is 0 Å². The molecule has 2 aromatic heterocycles. The van der Waals surface area contributed by atoms with E-state index in [1.807, 2.05) is 20.8 Å². The molecule has 3 N–H and O–H groups in total. The Kier molecular flexibility index (Phi) is 9.41. The average molecular weight is 384 g/mol. The van der Waals surface area contributed by atoms with Crippen molar-refractivity contribution in [3.05, 3.63) is 23.4 Å². The quantitative estimate of drug-likeness (QED) is 0.687. The van der Waals surface area contributed by atoms with E-state index in [1.165, 1.54) is 0 Å². The zero-order valence-electron chi connectivity index (χ0n) is 16.7. The maximum atomic E-state index is 11.3. The van der Waals surface area contributed by atoms with Crippen LogP contribution in [0, 0.1) is 13.8 Å². The molecular formula is C17H32N6O4. The molecular weight excluding hydrogens is 352 g/mol. The summed E-state index contributed by atoms with van der Waals surface area (Å²) in [7, 11) is 0. The lowest BCUT2D eigenvalue weighted by Gasteiger charge is -2.19. The van der Waals surface area contributed by atoms with Crippen LogP contribution in [-0.2, 0) is 17.6 Å². The molecule has 0 radical (unpaired) electrons. The summed E-state index contributed by atoms with van der Waals surface area (Å²) in [5.41, 5.74) is 4.83. The summed E-state index contributed by atoms with van der Waals surface area (Å²) in [6.07, 6.45) is 2.68. The number of hydrogen-bond acceptors (Lipinski definition) is 9. The molecule has 2 heterocycles. The summed E-state index contributed by atoms with van der Waals surface area (Å²) in [6.45, 7) is 10.2. The minimum absolute atomic E-state index is 0. The lowest BCUT2D eigenvalue weighted by molar-refractivity contribution is 0.0527. The fourth-order valence-electron chi connectivity index (χ4n) is 1.88. The van der Waals surface area contributed by atoms with Crippen molar-refractivity contribution in [2.24, 2.45) is 5.73 Å². The Balaban J connectivity index is 0.000000567. The molecule has 2 rings (SSSR count). The molecule has 0 saturated heterocycles. The molecule has 27 heavy (non-hydrogen) atoms. The lowest BCUT2D eigenvalue weighted by Crippen LogP contribution is -2.33. The minimum atomic E-state index is -0.465. The normalized spacial score (nSPS) is 10.9. The molecule has 0 saturated carbocycles. The highest BCUT2D eigenvalue weighted by Gasteiger charge is 2.15. The van der Waals surface area contributed by atoms with E-state index in [9.17, 15) is 4.79 Å². The summed E-state index contributed by atoms with van der Waals surface area (Å²) >= 11 is 0. The smallest absolute Gasteiger partial charge is 0.407 e. The van der Waals surface area contributed by atoms with Gasteiger partial charge in [0.1, 0.15) is 5.60 Å². The van der Waals surface area contributed by atoms with E-state index >= 15 is 0 Å². The predicted octanol–water partition coefficient (Wildman–Crippen LogP) is 2.35. The number of amides is 1. The van der Waals surface area contributed by atoms with Crippen LogP contribution in [0.25, 0.3) is 0 Å². The number of nitrogens with two attached hydrogens (primary N) is 1. The maximum Gasteiger partial charge on any atom is 0.407 e. The molecule has 154 valence electrons. The lowest BCUT2D eigenvalue weighted by atomic mass is 10.2. The van der Waals surface area contributed by atoms with Crippen molar-refractivity contribution in [1.29, 1.82) is 0 Å². The Morgan fingerprint density at radius 3 is 2.00 bits per heavy atom. The summed E-state index contributed by atoms with van der Waals surface area (Å²) in [6, 6.07) is 0.